The van der Waals surface area contributed by atoms with E-state index < -0.39 is 17.7 Å². The number of methoxy groups -OCH3 is 1. The molecule has 0 aliphatic carbocycles. The summed E-state index contributed by atoms with van der Waals surface area (Å²) in [7, 11) is 1.58. The van der Waals surface area contributed by atoms with Crippen LogP contribution in [0.25, 0.3) is 0 Å². The van der Waals surface area contributed by atoms with Gasteiger partial charge >= 0.3 is 6.09 Å². The zero-order valence-corrected chi connectivity index (χ0v) is 23.1. The van der Waals surface area contributed by atoms with Gasteiger partial charge in [-0.3, -0.25) is 9.59 Å². The number of ether oxygens (including phenoxy) is 2. The summed E-state index contributed by atoms with van der Waals surface area (Å²) in [4.78, 5) is 41.0. The number of alkyl carbamates (subject to hydrolysis) is 1. The summed E-state index contributed by atoms with van der Waals surface area (Å²) < 4.78 is 10.5. The highest BCUT2D eigenvalue weighted by molar-refractivity contribution is 5.98. The standard InChI is InChI=1S/C29H41N3O5/c1-8-9-10-17-32(25(33)19-30-28(35)37-29(4,5)6)26(24-16-11-20(2)18-21(24)3)27(34)31-22-12-14-23(36-7)15-13-22/h11-16,18,26H,8-10,17,19H2,1-7H3,(H,30,35)(H,31,34). The summed E-state index contributed by atoms with van der Waals surface area (Å²) >= 11 is 0. The largest absolute Gasteiger partial charge is 0.497 e. The molecule has 2 aromatic carbocycles. The predicted octanol–water partition coefficient (Wildman–Crippen LogP) is 5.54. The summed E-state index contributed by atoms with van der Waals surface area (Å²) in [5, 5.41) is 5.50. The van der Waals surface area contributed by atoms with E-state index in [4.69, 9.17) is 9.47 Å². The smallest absolute Gasteiger partial charge is 0.408 e. The average molecular weight is 512 g/mol. The number of nitrogens with one attached hydrogen (secondary N) is 2. The van der Waals surface area contributed by atoms with Crippen LogP contribution in [0.4, 0.5) is 10.5 Å². The molecule has 0 fully saturated rings. The summed E-state index contributed by atoms with van der Waals surface area (Å²) in [6, 6.07) is 12.0. The summed E-state index contributed by atoms with van der Waals surface area (Å²) in [6.45, 7) is 11.4. The Labute approximate surface area is 220 Å². The molecule has 0 saturated carbocycles. The van der Waals surface area contributed by atoms with Gasteiger partial charge in [0.1, 0.15) is 23.9 Å². The first-order valence-electron chi connectivity index (χ1n) is 12.7. The molecule has 0 radical (unpaired) electrons. The van der Waals surface area contributed by atoms with E-state index in [0.717, 1.165) is 36.0 Å². The fourth-order valence-electron chi connectivity index (χ4n) is 3.96. The third kappa shape index (κ3) is 9.44. The van der Waals surface area contributed by atoms with Gasteiger partial charge < -0.3 is 25.0 Å². The van der Waals surface area contributed by atoms with E-state index in [-0.39, 0.29) is 18.4 Å². The summed E-state index contributed by atoms with van der Waals surface area (Å²) in [5.74, 6) is -0.0235. The molecular formula is C29H41N3O5. The molecule has 0 saturated heterocycles. The minimum atomic E-state index is -0.882. The van der Waals surface area contributed by atoms with E-state index in [1.807, 2.05) is 32.0 Å². The zero-order chi connectivity index (χ0) is 27.6. The first-order valence-corrected chi connectivity index (χ1v) is 12.7. The van der Waals surface area contributed by atoms with E-state index >= 15 is 0 Å². The number of nitrogens with zero attached hydrogens (tertiary/aromatic N) is 1. The molecule has 3 amide bonds. The number of hydrogen-bond donors (Lipinski definition) is 2. The Bertz CT molecular complexity index is 1060. The molecule has 37 heavy (non-hydrogen) atoms. The molecule has 0 spiro atoms. The lowest BCUT2D eigenvalue weighted by molar-refractivity contribution is -0.138. The molecule has 2 N–H and O–H groups in total. The molecule has 1 unspecified atom stereocenters. The first-order chi connectivity index (χ1) is 17.4. The molecule has 8 heteroatoms. The van der Waals surface area contributed by atoms with Gasteiger partial charge in [-0.1, -0.05) is 43.5 Å². The lowest BCUT2D eigenvalue weighted by Crippen LogP contribution is -2.47. The normalized spacial score (nSPS) is 11.9. The highest BCUT2D eigenvalue weighted by Gasteiger charge is 2.32. The van der Waals surface area contributed by atoms with Crippen molar-refractivity contribution in [1.29, 1.82) is 0 Å². The summed E-state index contributed by atoms with van der Waals surface area (Å²) in [6.07, 6.45) is 1.92. The first kappa shape index (κ1) is 29.7. The van der Waals surface area contributed by atoms with Crippen LogP contribution in [0.2, 0.25) is 0 Å². The van der Waals surface area contributed by atoms with Crippen molar-refractivity contribution in [2.75, 3.05) is 25.5 Å². The zero-order valence-electron chi connectivity index (χ0n) is 23.1. The van der Waals surface area contributed by atoms with Gasteiger partial charge in [0, 0.05) is 12.2 Å². The van der Waals surface area contributed by atoms with Crippen LogP contribution in [0.15, 0.2) is 42.5 Å². The third-order valence-electron chi connectivity index (χ3n) is 5.74. The Morgan fingerprint density at radius 1 is 1.00 bits per heavy atom. The van der Waals surface area contributed by atoms with Gasteiger partial charge in [0.25, 0.3) is 5.91 Å². The number of anilines is 1. The maximum Gasteiger partial charge on any atom is 0.408 e. The fraction of sp³-hybridized carbons (Fsp3) is 0.483. The Morgan fingerprint density at radius 3 is 2.24 bits per heavy atom. The van der Waals surface area contributed by atoms with Crippen molar-refractivity contribution in [3.05, 3.63) is 59.2 Å². The van der Waals surface area contributed by atoms with Crippen molar-refractivity contribution in [1.82, 2.24) is 10.2 Å². The highest BCUT2D eigenvalue weighted by Crippen LogP contribution is 2.28. The van der Waals surface area contributed by atoms with E-state index in [1.165, 1.54) is 0 Å². The lowest BCUT2D eigenvalue weighted by Gasteiger charge is -2.32. The Hall–Kier alpha value is -3.55. The van der Waals surface area contributed by atoms with E-state index in [9.17, 15) is 14.4 Å². The fourth-order valence-corrected chi connectivity index (χ4v) is 3.96. The maximum absolute atomic E-state index is 13.8. The van der Waals surface area contributed by atoms with Crippen LogP contribution in [0, 0.1) is 13.8 Å². The molecule has 0 aliphatic rings. The van der Waals surface area contributed by atoms with Crippen molar-refractivity contribution < 1.29 is 23.9 Å². The van der Waals surface area contributed by atoms with Crippen molar-refractivity contribution >= 4 is 23.6 Å². The predicted molar refractivity (Wildman–Crippen MR) is 146 cm³/mol. The Morgan fingerprint density at radius 2 is 1.68 bits per heavy atom. The van der Waals surface area contributed by atoms with Gasteiger partial charge in [-0.15, -0.1) is 0 Å². The number of carbonyl (C=O) groups is 3. The van der Waals surface area contributed by atoms with Crippen molar-refractivity contribution in [3.63, 3.8) is 0 Å². The number of aryl methyl sites for hydroxylation is 2. The van der Waals surface area contributed by atoms with Gasteiger partial charge in [0.2, 0.25) is 5.91 Å². The summed E-state index contributed by atoms with van der Waals surface area (Å²) in [5.41, 5.74) is 2.61. The van der Waals surface area contributed by atoms with Crippen molar-refractivity contribution in [2.24, 2.45) is 0 Å². The van der Waals surface area contributed by atoms with Gasteiger partial charge in [0.05, 0.1) is 7.11 Å². The van der Waals surface area contributed by atoms with Crippen molar-refractivity contribution in [3.8, 4) is 5.75 Å². The van der Waals surface area contributed by atoms with Crippen LogP contribution < -0.4 is 15.4 Å². The van der Waals surface area contributed by atoms with E-state index in [2.05, 4.69) is 17.6 Å². The minimum absolute atomic E-state index is 0.280. The highest BCUT2D eigenvalue weighted by atomic mass is 16.6. The van der Waals surface area contributed by atoms with Crippen LogP contribution in [0.5, 0.6) is 5.75 Å². The van der Waals surface area contributed by atoms with Crippen LogP contribution >= 0.6 is 0 Å². The van der Waals surface area contributed by atoms with Gasteiger partial charge in [-0.2, -0.15) is 0 Å². The quantitative estimate of drug-likeness (QED) is 0.386. The number of amides is 3. The van der Waals surface area contributed by atoms with Crippen LogP contribution in [-0.2, 0) is 14.3 Å². The van der Waals surface area contributed by atoms with Gasteiger partial charge in [-0.25, -0.2) is 4.79 Å². The molecule has 202 valence electrons. The molecule has 0 aliphatic heterocycles. The number of benzene rings is 2. The maximum atomic E-state index is 13.8. The molecular weight excluding hydrogens is 470 g/mol. The van der Waals surface area contributed by atoms with Gasteiger partial charge in [-0.05, 0) is 76.4 Å². The number of hydrogen-bond acceptors (Lipinski definition) is 5. The molecule has 2 aromatic rings. The second-order valence-electron chi connectivity index (χ2n) is 10.1. The molecule has 0 bridgehead atoms. The Balaban J connectivity index is 2.40. The average Bonchev–Trinajstić information content (AvgIpc) is 2.82. The second-order valence-corrected chi connectivity index (χ2v) is 10.1. The monoisotopic (exact) mass is 511 g/mol. The second kappa shape index (κ2) is 13.7. The Kier molecular flexibility index (Phi) is 11.0. The van der Waals surface area contributed by atoms with E-state index in [1.54, 1.807) is 57.0 Å². The number of carbonyl (C=O) groups excluding carboxylic acids is 3. The third-order valence-corrected chi connectivity index (χ3v) is 5.74. The molecule has 0 heterocycles. The topological polar surface area (TPSA) is 97.0 Å². The molecule has 1 atom stereocenters. The van der Waals surface area contributed by atoms with Crippen molar-refractivity contribution in [2.45, 2.75) is 72.4 Å². The van der Waals surface area contributed by atoms with Crippen LogP contribution in [0.1, 0.15) is 69.7 Å². The molecule has 0 aromatic heterocycles. The van der Waals surface area contributed by atoms with Crippen LogP contribution in [0.3, 0.4) is 0 Å². The SMILES string of the molecule is CCCCCN(C(=O)CNC(=O)OC(C)(C)C)C(C(=O)Nc1ccc(OC)cc1)c1ccc(C)cc1C. The van der Waals surface area contributed by atoms with Gasteiger partial charge in [0.15, 0.2) is 0 Å². The number of unbranched alkanes of at least 4 members (excludes halogenated alkanes) is 2. The van der Waals surface area contributed by atoms with E-state index in [0.29, 0.717) is 18.0 Å². The molecule has 8 nitrogen and oxygen atoms in total. The lowest BCUT2D eigenvalue weighted by atomic mass is 9.96. The minimum Gasteiger partial charge on any atom is -0.497 e. The number of rotatable bonds is 11. The van der Waals surface area contributed by atoms with Crippen LogP contribution in [-0.4, -0.2) is 48.6 Å². The molecule has 2 rings (SSSR count).